The zero-order valence-electron chi connectivity index (χ0n) is 17.8. The van der Waals surface area contributed by atoms with Crippen molar-refractivity contribution in [2.24, 2.45) is 0 Å². The standard InChI is InChI=1S/C23H22N4O4S2/c1-31-12-11-27-22(30)18(33-23(27)32)13-16-20(24-14-17(28)15-7-3-2-4-8-15)25-19-9-5-6-10-26(19)21(16)29/h2-10,13,17,24,28H,11-12,14H2,1H3/b18-13-. The predicted molar refractivity (Wildman–Crippen MR) is 133 cm³/mol. The molecule has 1 saturated heterocycles. The number of aromatic nitrogens is 2. The third kappa shape index (κ3) is 4.98. The van der Waals surface area contributed by atoms with Gasteiger partial charge in [0.25, 0.3) is 11.5 Å². The van der Waals surface area contributed by atoms with Crippen LogP contribution >= 0.6 is 24.0 Å². The van der Waals surface area contributed by atoms with Crippen molar-refractivity contribution in [2.75, 3.05) is 32.1 Å². The average Bonchev–Trinajstić information content (AvgIpc) is 3.10. The number of amides is 1. The molecule has 1 aromatic carbocycles. The molecular weight excluding hydrogens is 460 g/mol. The summed E-state index contributed by atoms with van der Waals surface area (Å²) < 4.78 is 6.87. The van der Waals surface area contributed by atoms with Crippen molar-refractivity contribution in [1.82, 2.24) is 14.3 Å². The SMILES string of the molecule is COCCN1C(=O)/C(=C/c2c(NCC(O)c3ccccc3)nc3ccccn3c2=O)SC1=S. The smallest absolute Gasteiger partial charge is 0.267 e. The van der Waals surface area contributed by atoms with E-state index < -0.39 is 6.10 Å². The number of carbonyl (C=O) groups is 1. The number of thiocarbonyl (C=S) groups is 1. The van der Waals surface area contributed by atoms with Gasteiger partial charge >= 0.3 is 0 Å². The van der Waals surface area contributed by atoms with E-state index in [4.69, 9.17) is 17.0 Å². The van der Waals surface area contributed by atoms with Crippen molar-refractivity contribution in [3.05, 3.63) is 81.1 Å². The van der Waals surface area contributed by atoms with E-state index in [1.165, 1.54) is 15.4 Å². The Morgan fingerprint density at radius 1 is 1.21 bits per heavy atom. The third-order valence-corrected chi connectivity index (χ3v) is 6.46. The minimum absolute atomic E-state index is 0.134. The van der Waals surface area contributed by atoms with Crippen molar-refractivity contribution in [3.63, 3.8) is 0 Å². The van der Waals surface area contributed by atoms with E-state index in [1.807, 2.05) is 30.3 Å². The normalized spacial score (nSPS) is 16.1. The van der Waals surface area contributed by atoms with Crippen molar-refractivity contribution >= 4 is 51.7 Å². The minimum Gasteiger partial charge on any atom is -0.387 e. The highest BCUT2D eigenvalue weighted by Crippen LogP contribution is 2.33. The molecule has 0 aliphatic carbocycles. The number of carbonyl (C=O) groups excluding carboxylic acids is 1. The van der Waals surface area contributed by atoms with Crippen LogP contribution in [0.3, 0.4) is 0 Å². The molecule has 1 amide bonds. The number of anilines is 1. The molecule has 0 saturated carbocycles. The predicted octanol–water partition coefficient (Wildman–Crippen LogP) is 2.69. The molecule has 4 rings (SSSR count). The number of ether oxygens (including phenoxy) is 1. The van der Waals surface area contributed by atoms with Crippen LogP contribution in [0.15, 0.2) is 64.4 Å². The van der Waals surface area contributed by atoms with Crippen molar-refractivity contribution in [1.29, 1.82) is 0 Å². The maximum atomic E-state index is 13.3. The molecule has 1 fully saturated rings. The molecule has 0 radical (unpaired) electrons. The van der Waals surface area contributed by atoms with E-state index in [2.05, 4.69) is 10.3 Å². The molecule has 170 valence electrons. The maximum Gasteiger partial charge on any atom is 0.267 e. The number of methoxy groups -OCH3 is 1. The molecule has 0 spiro atoms. The van der Waals surface area contributed by atoms with Gasteiger partial charge < -0.3 is 15.2 Å². The first-order valence-corrected chi connectivity index (χ1v) is 11.4. The number of nitrogens with one attached hydrogen (secondary N) is 1. The summed E-state index contributed by atoms with van der Waals surface area (Å²) in [6.07, 6.45) is 2.33. The summed E-state index contributed by atoms with van der Waals surface area (Å²) in [7, 11) is 1.55. The van der Waals surface area contributed by atoms with Crippen LogP contribution in [0, 0.1) is 0 Å². The van der Waals surface area contributed by atoms with Gasteiger partial charge in [0.05, 0.1) is 29.7 Å². The Bertz CT molecular complexity index is 1280. The Hall–Kier alpha value is -3.05. The molecule has 1 atom stereocenters. The molecule has 2 N–H and O–H groups in total. The highest BCUT2D eigenvalue weighted by atomic mass is 32.2. The zero-order valence-corrected chi connectivity index (χ0v) is 19.4. The number of nitrogens with zero attached hydrogens (tertiary/aromatic N) is 3. The Kier molecular flexibility index (Phi) is 7.19. The topological polar surface area (TPSA) is 96.2 Å². The number of rotatable bonds is 8. The van der Waals surface area contributed by atoms with Crippen molar-refractivity contribution in [3.8, 4) is 0 Å². The monoisotopic (exact) mass is 482 g/mol. The number of pyridine rings is 1. The van der Waals surface area contributed by atoms with Gasteiger partial charge in [-0.15, -0.1) is 0 Å². The van der Waals surface area contributed by atoms with Crippen molar-refractivity contribution < 1.29 is 14.6 Å². The number of aliphatic hydroxyl groups excluding tert-OH is 1. The van der Waals surface area contributed by atoms with E-state index in [9.17, 15) is 14.7 Å². The lowest BCUT2D eigenvalue weighted by Gasteiger charge is -2.15. The van der Waals surface area contributed by atoms with Crippen LogP contribution in [0.2, 0.25) is 0 Å². The number of benzene rings is 1. The minimum atomic E-state index is -0.803. The molecule has 3 aromatic rings. The summed E-state index contributed by atoms with van der Waals surface area (Å²) in [6.45, 7) is 0.820. The molecule has 1 unspecified atom stereocenters. The summed E-state index contributed by atoms with van der Waals surface area (Å²) in [5.41, 5.74) is 1.07. The number of fused-ring (bicyclic) bond motifs is 1. The lowest BCUT2D eigenvalue weighted by molar-refractivity contribution is -0.122. The van der Waals surface area contributed by atoms with Gasteiger partial charge in [-0.25, -0.2) is 4.98 Å². The Morgan fingerprint density at radius 3 is 2.73 bits per heavy atom. The first kappa shape index (κ1) is 23.1. The number of hydrogen-bond acceptors (Lipinski definition) is 8. The molecule has 1 aliphatic rings. The molecule has 0 bridgehead atoms. The van der Waals surface area contributed by atoms with E-state index in [0.717, 1.165) is 17.3 Å². The van der Waals surface area contributed by atoms with Crippen LogP contribution in [0.5, 0.6) is 0 Å². The highest BCUT2D eigenvalue weighted by molar-refractivity contribution is 8.26. The summed E-state index contributed by atoms with van der Waals surface area (Å²) in [6, 6.07) is 14.4. The highest BCUT2D eigenvalue weighted by Gasteiger charge is 2.32. The first-order valence-electron chi connectivity index (χ1n) is 10.2. The fourth-order valence-corrected chi connectivity index (χ4v) is 4.65. The van der Waals surface area contributed by atoms with Gasteiger partial charge in [0, 0.05) is 19.9 Å². The molecule has 3 heterocycles. The lowest BCUT2D eigenvalue weighted by atomic mass is 10.1. The first-order chi connectivity index (χ1) is 16.0. The van der Waals surface area contributed by atoms with Crippen molar-refractivity contribution in [2.45, 2.75) is 6.10 Å². The van der Waals surface area contributed by atoms with E-state index in [-0.39, 0.29) is 29.4 Å². The second-order valence-corrected chi connectivity index (χ2v) is 8.92. The molecular formula is C23H22N4O4S2. The largest absolute Gasteiger partial charge is 0.387 e. The van der Waals surface area contributed by atoms with Crippen LogP contribution in [0.1, 0.15) is 17.2 Å². The number of thioether (sulfide) groups is 1. The average molecular weight is 483 g/mol. The third-order valence-electron chi connectivity index (χ3n) is 5.08. The van der Waals surface area contributed by atoms with Crippen LogP contribution < -0.4 is 10.9 Å². The van der Waals surface area contributed by atoms with Gasteiger partial charge in [0.1, 0.15) is 15.8 Å². The molecule has 8 nitrogen and oxygen atoms in total. The second-order valence-electron chi connectivity index (χ2n) is 7.24. The van der Waals surface area contributed by atoms with E-state index in [1.54, 1.807) is 31.5 Å². The molecule has 2 aromatic heterocycles. The van der Waals surface area contributed by atoms with Gasteiger partial charge in [-0.2, -0.15) is 0 Å². The Balaban J connectivity index is 1.70. The molecule has 33 heavy (non-hydrogen) atoms. The fourth-order valence-electron chi connectivity index (χ4n) is 3.36. The maximum absolute atomic E-state index is 13.3. The summed E-state index contributed by atoms with van der Waals surface area (Å²) in [5.74, 6) is -0.00165. The summed E-state index contributed by atoms with van der Waals surface area (Å²) in [5, 5.41) is 13.6. The van der Waals surface area contributed by atoms with Crippen LogP contribution in [0.25, 0.3) is 11.7 Å². The number of aliphatic hydroxyl groups is 1. The summed E-state index contributed by atoms with van der Waals surface area (Å²) >= 11 is 6.46. The quantitative estimate of drug-likeness (QED) is 0.374. The van der Waals surface area contributed by atoms with Crippen LogP contribution in [-0.2, 0) is 9.53 Å². The van der Waals surface area contributed by atoms with Gasteiger partial charge in [-0.3, -0.25) is 18.9 Å². The van der Waals surface area contributed by atoms with E-state index in [0.29, 0.717) is 28.0 Å². The second kappa shape index (κ2) is 10.3. The van der Waals surface area contributed by atoms with Crippen LogP contribution in [-0.4, -0.2) is 56.4 Å². The Morgan fingerprint density at radius 2 is 1.97 bits per heavy atom. The Labute approximate surface area is 199 Å². The zero-order chi connectivity index (χ0) is 23.4. The van der Waals surface area contributed by atoms with Gasteiger partial charge in [0.15, 0.2) is 0 Å². The van der Waals surface area contributed by atoms with Gasteiger partial charge in [-0.1, -0.05) is 60.4 Å². The van der Waals surface area contributed by atoms with E-state index >= 15 is 0 Å². The van der Waals surface area contributed by atoms with Crippen LogP contribution in [0.4, 0.5) is 5.82 Å². The van der Waals surface area contributed by atoms with Gasteiger partial charge in [0.2, 0.25) is 0 Å². The van der Waals surface area contributed by atoms with Gasteiger partial charge in [-0.05, 0) is 23.8 Å². The molecule has 10 heteroatoms. The fraction of sp³-hybridized carbons (Fsp3) is 0.217. The molecule has 1 aliphatic heterocycles. The lowest BCUT2D eigenvalue weighted by Crippen LogP contribution is -2.31. The number of hydrogen-bond donors (Lipinski definition) is 2. The summed E-state index contributed by atoms with van der Waals surface area (Å²) in [4.78, 5) is 32.5.